The van der Waals surface area contributed by atoms with Crippen molar-refractivity contribution in [1.82, 2.24) is 0 Å². The van der Waals surface area contributed by atoms with E-state index in [0.29, 0.717) is 12.3 Å². The average Bonchev–Trinajstić information content (AvgIpc) is 2.99. The highest BCUT2D eigenvalue weighted by Crippen LogP contribution is 2.36. The fourth-order valence-electron chi connectivity index (χ4n) is 2.78. The van der Waals surface area contributed by atoms with Gasteiger partial charge in [-0.15, -0.1) is 0 Å². The van der Waals surface area contributed by atoms with Gasteiger partial charge in [0.15, 0.2) is 5.76 Å². The molecule has 1 aliphatic rings. The molecule has 1 aliphatic heterocycles. The first-order valence-corrected chi connectivity index (χ1v) is 6.84. The number of nitrogens with zero attached hydrogens (tertiary/aromatic N) is 2. The molecule has 0 fully saturated rings. The minimum atomic E-state index is -0.192. The summed E-state index contributed by atoms with van der Waals surface area (Å²) in [6, 6.07) is 10.7. The minimum Gasteiger partial charge on any atom is -0.459 e. The van der Waals surface area contributed by atoms with Gasteiger partial charge in [0.05, 0.1) is 23.7 Å². The average molecular weight is 284 g/mol. The summed E-state index contributed by atoms with van der Waals surface area (Å²) in [6.07, 6.45) is 1.48. The number of hydrogen-bond donors (Lipinski definition) is 0. The van der Waals surface area contributed by atoms with Crippen molar-refractivity contribution in [3.05, 3.63) is 48.4 Å². The Kier molecular flexibility index (Phi) is 3.25. The number of rotatable bonds is 1. The quantitative estimate of drug-likeness (QED) is 0.809. The predicted molar refractivity (Wildman–Crippen MR) is 79.4 cm³/mol. The van der Waals surface area contributed by atoms with Crippen LogP contribution in [0.3, 0.4) is 0 Å². The Morgan fingerprint density at radius 3 is 2.48 bits per heavy atom. The first-order valence-electron chi connectivity index (χ1n) is 6.84. The highest BCUT2D eigenvalue weighted by atomic mass is 16.3. The van der Waals surface area contributed by atoms with Crippen molar-refractivity contribution < 1.29 is 14.0 Å². The second-order valence-electron chi connectivity index (χ2n) is 5.12. The van der Waals surface area contributed by atoms with Gasteiger partial charge in [-0.05, 0) is 31.2 Å². The highest BCUT2D eigenvalue weighted by molar-refractivity contribution is 6.09. The SMILES string of the molecule is CC(=O)N1c2ccccc2N(C(=O)c2ccco2)CC1C. The van der Waals surface area contributed by atoms with Crippen LogP contribution in [0.4, 0.5) is 11.4 Å². The highest BCUT2D eigenvalue weighted by Gasteiger charge is 2.34. The number of carbonyl (C=O) groups is 2. The van der Waals surface area contributed by atoms with Gasteiger partial charge >= 0.3 is 0 Å². The van der Waals surface area contributed by atoms with E-state index in [1.165, 1.54) is 13.2 Å². The number of carbonyl (C=O) groups excluding carboxylic acids is 2. The van der Waals surface area contributed by atoms with Crippen molar-refractivity contribution in [2.75, 3.05) is 16.3 Å². The summed E-state index contributed by atoms with van der Waals surface area (Å²) in [5.74, 6) is 0.0795. The molecule has 21 heavy (non-hydrogen) atoms. The molecule has 108 valence electrons. The molecule has 5 heteroatoms. The summed E-state index contributed by atoms with van der Waals surface area (Å²) in [7, 11) is 0. The van der Waals surface area contributed by atoms with Crippen LogP contribution < -0.4 is 9.80 Å². The van der Waals surface area contributed by atoms with Gasteiger partial charge in [0.2, 0.25) is 5.91 Å². The van der Waals surface area contributed by atoms with Crippen LogP contribution in [0.15, 0.2) is 47.1 Å². The van der Waals surface area contributed by atoms with Gasteiger partial charge in [-0.1, -0.05) is 12.1 Å². The fourth-order valence-corrected chi connectivity index (χ4v) is 2.78. The van der Waals surface area contributed by atoms with Gasteiger partial charge in [-0.3, -0.25) is 9.59 Å². The van der Waals surface area contributed by atoms with Crippen molar-refractivity contribution in [3.8, 4) is 0 Å². The molecule has 5 nitrogen and oxygen atoms in total. The summed E-state index contributed by atoms with van der Waals surface area (Å²) in [5, 5.41) is 0. The summed E-state index contributed by atoms with van der Waals surface area (Å²) >= 11 is 0. The Morgan fingerprint density at radius 2 is 1.86 bits per heavy atom. The molecule has 2 aromatic rings. The van der Waals surface area contributed by atoms with Gasteiger partial charge in [0.1, 0.15) is 0 Å². The molecule has 0 bridgehead atoms. The zero-order chi connectivity index (χ0) is 15.0. The first-order chi connectivity index (χ1) is 10.1. The molecule has 0 N–H and O–H groups in total. The van der Waals surface area contributed by atoms with Gasteiger partial charge in [-0.2, -0.15) is 0 Å². The third kappa shape index (κ3) is 2.20. The maximum absolute atomic E-state index is 12.6. The van der Waals surface area contributed by atoms with E-state index in [2.05, 4.69) is 0 Å². The fraction of sp³-hybridized carbons (Fsp3) is 0.250. The van der Waals surface area contributed by atoms with E-state index in [1.807, 2.05) is 31.2 Å². The molecule has 2 heterocycles. The van der Waals surface area contributed by atoms with Crippen LogP contribution in [0.2, 0.25) is 0 Å². The summed E-state index contributed by atoms with van der Waals surface area (Å²) in [6.45, 7) is 3.91. The number of para-hydroxylation sites is 2. The standard InChI is InChI=1S/C16H16N2O3/c1-11-10-17(16(20)15-8-5-9-21-15)13-6-3-4-7-14(13)18(11)12(2)19/h3-9,11H,10H2,1-2H3. The molecular weight excluding hydrogens is 268 g/mol. The molecule has 0 radical (unpaired) electrons. The van der Waals surface area contributed by atoms with Gasteiger partial charge in [0.25, 0.3) is 5.91 Å². The third-order valence-corrected chi connectivity index (χ3v) is 3.64. The first kappa shape index (κ1) is 13.4. The van der Waals surface area contributed by atoms with E-state index >= 15 is 0 Å². The molecular formula is C16H16N2O3. The summed E-state index contributed by atoms with van der Waals surface area (Å²) in [4.78, 5) is 27.8. The van der Waals surface area contributed by atoms with Gasteiger partial charge in [-0.25, -0.2) is 0 Å². The maximum atomic E-state index is 12.6. The zero-order valence-corrected chi connectivity index (χ0v) is 11.9. The smallest absolute Gasteiger partial charge is 0.294 e. The van der Waals surface area contributed by atoms with Crippen LogP contribution in [-0.4, -0.2) is 24.4 Å². The predicted octanol–water partition coefficient (Wildman–Crippen LogP) is 2.68. The molecule has 1 unspecified atom stereocenters. The van der Waals surface area contributed by atoms with Crippen molar-refractivity contribution in [2.24, 2.45) is 0 Å². The van der Waals surface area contributed by atoms with Crippen LogP contribution >= 0.6 is 0 Å². The molecule has 1 aromatic heterocycles. The molecule has 0 spiro atoms. The maximum Gasteiger partial charge on any atom is 0.294 e. The van der Waals surface area contributed by atoms with Crippen molar-refractivity contribution in [3.63, 3.8) is 0 Å². The zero-order valence-electron chi connectivity index (χ0n) is 11.9. The van der Waals surface area contributed by atoms with Crippen LogP contribution in [0.25, 0.3) is 0 Å². The second kappa shape index (κ2) is 5.09. The molecule has 1 aromatic carbocycles. The number of furan rings is 1. The van der Waals surface area contributed by atoms with E-state index in [-0.39, 0.29) is 17.9 Å². The Morgan fingerprint density at radius 1 is 1.14 bits per heavy atom. The Hall–Kier alpha value is -2.56. The lowest BCUT2D eigenvalue weighted by Crippen LogP contribution is -2.51. The molecule has 0 saturated heterocycles. The van der Waals surface area contributed by atoms with Crippen LogP contribution in [-0.2, 0) is 4.79 Å². The lowest BCUT2D eigenvalue weighted by atomic mass is 10.1. The van der Waals surface area contributed by atoms with E-state index in [1.54, 1.807) is 21.9 Å². The molecule has 2 amide bonds. The van der Waals surface area contributed by atoms with E-state index in [4.69, 9.17) is 4.42 Å². The Balaban J connectivity index is 2.06. The topological polar surface area (TPSA) is 53.8 Å². The van der Waals surface area contributed by atoms with E-state index in [0.717, 1.165) is 11.4 Å². The second-order valence-corrected chi connectivity index (χ2v) is 5.12. The summed E-state index contributed by atoms with van der Waals surface area (Å²) in [5.41, 5.74) is 1.48. The lowest BCUT2D eigenvalue weighted by molar-refractivity contribution is -0.117. The lowest BCUT2D eigenvalue weighted by Gasteiger charge is -2.40. The van der Waals surface area contributed by atoms with Crippen molar-refractivity contribution >= 4 is 23.2 Å². The number of amides is 2. The van der Waals surface area contributed by atoms with Gasteiger partial charge < -0.3 is 14.2 Å². The molecule has 3 rings (SSSR count). The van der Waals surface area contributed by atoms with Crippen LogP contribution in [0.5, 0.6) is 0 Å². The third-order valence-electron chi connectivity index (χ3n) is 3.64. The molecule has 0 saturated carbocycles. The molecule has 0 aliphatic carbocycles. The van der Waals surface area contributed by atoms with E-state index in [9.17, 15) is 9.59 Å². The number of hydrogen-bond acceptors (Lipinski definition) is 3. The van der Waals surface area contributed by atoms with Crippen molar-refractivity contribution in [2.45, 2.75) is 19.9 Å². The Bertz CT molecular complexity index is 679. The van der Waals surface area contributed by atoms with Crippen LogP contribution in [0, 0.1) is 0 Å². The van der Waals surface area contributed by atoms with Gasteiger partial charge in [0, 0.05) is 13.5 Å². The number of anilines is 2. The Labute approximate surface area is 122 Å². The summed E-state index contributed by atoms with van der Waals surface area (Å²) < 4.78 is 5.20. The number of fused-ring (bicyclic) bond motifs is 1. The number of benzene rings is 1. The normalized spacial score (nSPS) is 17.5. The van der Waals surface area contributed by atoms with Crippen molar-refractivity contribution in [1.29, 1.82) is 0 Å². The monoisotopic (exact) mass is 284 g/mol. The van der Waals surface area contributed by atoms with E-state index < -0.39 is 0 Å². The molecule has 1 atom stereocenters. The largest absolute Gasteiger partial charge is 0.459 e. The minimum absolute atomic E-state index is 0.0277. The van der Waals surface area contributed by atoms with Crippen LogP contribution in [0.1, 0.15) is 24.4 Å².